The van der Waals surface area contributed by atoms with Crippen molar-refractivity contribution in [1.82, 2.24) is 24.1 Å². The van der Waals surface area contributed by atoms with Crippen LogP contribution in [0.3, 0.4) is 0 Å². The predicted octanol–water partition coefficient (Wildman–Crippen LogP) is 13.4. The van der Waals surface area contributed by atoms with Crippen molar-refractivity contribution in [1.29, 1.82) is 0 Å². The van der Waals surface area contributed by atoms with Crippen LogP contribution in [0.5, 0.6) is 0 Å². The summed E-state index contributed by atoms with van der Waals surface area (Å²) in [6.45, 7) is 0. The van der Waals surface area contributed by atoms with Gasteiger partial charge < -0.3 is 9.13 Å². The molecule has 5 heteroatoms. The fraction of sp³-hybridized carbons (Fsp3) is 0. The Bertz CT molecular complexity index is 3550. The molecule has 0 amide bonds. The number of fused-ring (bicyclic) bond motifs is 9. The third kappa shape index (κ3) is 5.00. The van der Waals surface area contributed by atoms with Crippen LogP contribution in [0.2, 0.25) is 0 Å². The van der Waals surface area contributed by atoms with E-state index in [1.807, 2.05) is 18.2 Å². The highest BCUT2D eigenvalue weighted by atomic mass is 15.0. The minimum Gasteiger partial charge on any atom is -0.309 e. The molecule has 0 saturated carbocycles. The first-order valence-electron chi connectivity index (χ1n) is 19.6. The predicted molar refractivity (Wildman–Crippen MR) is 240 cm³/mol. The average Bonchev–Trinajstić information content (AvgIpc) is 3.80. The van der Waals surface area contributed by atoms with E-state index < -0.39 is 0 Å². The van der Waals surface area contributed by atoms with E-state index in [4.69, 9.17) is 15.0 Å². The first kappa shape index (κ1) is 32.4. The minimum atomic E-state index is 0.629. The van der Waals surface area contributed by atoms with Crippen molar-refractivity contribution in [3.8, 4) is 45.5 Å². The highest BCUT2D eigenvalue weighted by Gasteiger charge is 2.20. The minimum absolute atomic E-state index is 0.629. The van der Waals surface area contributed by atoms with Crippen molar-refractivity contribution in [2.75, 3.05) is 0 Å². The maximum atomic E-state index is 5.21. The lowest BCUT2D eigenvalue weighted by atomic mass is 9.97. The third-order valence-electron chi connectivity index (χ3n) is 11.5. The van der Waals surface area contributed by atoms with Crippen molar-refractivity contribution in [2.24, 2.45) is 0 Å². The Labute approximate surface area is 333 Å². The van der Waals surface area contributed by atoms with Crippen molar-refractivity contribution in [3.05, 3.63) is 200 Å². The zero-order chi connectivity index (χ0) is 38.2. The fourth-order valence-corrected chi connectivity index (χ4v) is 8.91. The van der Waals surface area contributed by atoms with Gasteiger partial charge in [0.1, 0.15) is 0 Å². The van der Waals surface area contributed by atoms with Gasteiger partial charge >= 0.3 is 0 Å². The standard InChI is InChI=1S/C53H33N5/c1-3-15-34(16-4-1)51-54-52(56-53(55-51)46-31-36-17-7-8-20-39(36)40-21-9-10-22-41(40)46)35-27-29-38(30-28-35)58-48-26-14-12-24-43(48)45-32-44-42-23-11-13-25-47(42)57(49(44)33-50(45)58)37-18-5-2-6-19-37/h1-33H. The second-order valence-corrected chi connectivity index (χ2v) is 14.8. The highest BCUT2D eigenvalue weighted by molar-refractivity contribution is 6.19. The molecule has 0 aliphatic heterocycles. The number of benzene rings is 9. The SMILES string of the molecule is c1ccc(-c2nc(-c3ccc(-n4c5ccccc5c5cc6c7ccccc7n(-c7ccccc7)c6cc54)cc3)nc(-c3cc4ccccc4c4ccccc34)n2)cc1. The van der Waals surface area contributed by atoms with Crippen LogP contribution in [0.4, 0.5) is 0 Å². The monoisotopic (exact) mass is 739 g/mol. The third-order valence-corrected chi connectivity index (χ3v) is 11.5. The molecular weight excluding hydrogens is 707 g/mol. The maximum Gasteiger partial charge on any atom is 0.164 e. The van der Waals surface area contributed by atoms with Gasteiger partial charge in [-0.3, -0.25) is 0 Å². The summed E-state index contributed by atoms with van der Waals surface area (Å²) in [7, 11) is 0. The lowest BCUT2D eigenvalue weighted by Crippen LogP contribution is -2.01. The molecule has 0 aliphatic carbocycles. The fourth-order valence-electron chi connectivity index (χ4n) is 8.91. The lowest BCUT2D eigenvalue weighted by Gasteiger charge is -2.13. The van der Waals surface area contributed by atoms with Crippen LogP contribution in [0.1, 0.15) is 0 Å². The largest absolute Gasteiger partial charge is 0.309 e. The summed E-state index contributed by atoms with van der Waals surface area (Å²) in [5.41, 5.74) is 9.73. The van der Waals surface area contributed by atoms with Crippen LogP contribution in [0.25, 0.3) is 111 Å². The summed E-state index contributed by atoms with van der Waals surface area (Å²) in [4.78, 5) is 15.4. The van der Waals surface area contributed by atoms with Crippen LogP contribution in [0.15, 0.2) is 200 Å². The second-order valence-electron chi connectivity index (χ2n) is 14.8. The van der Waals surface area contributed by atoms with Gasteiger partial charge in [-0.05, 0) is 88.3 Å². The molecule has 0 radical (unpaired) electrons. The molecule has 0 spiro atoms. The van der Waals surface area contributed by atoms with Crippen molar-refractivity contribution < 1.29 is 0 Å². The molecular formula is C53H33N5. The first-order valence-corrected chi connectivity index (χ1v) is 19.6. The van der Waals surface area contributed by atoms with Crippen molar-refractivity contribution >= 4 is 65.2 Å². The molecule has 12 aromatic rings. The van der Waals surface area contributed by atoms with Gasteiger partial charge in [0, 0.05) is 49.6 Å². The number of hydrogen-bond acceptors (Lipinski definition) is 3. The van der Waals surface area contributed by atoms with Crippen LogP contribution in [-0.2, 0) is 0 Å². The summed E-state index contributed by atoms with van der Waals surface area (Å²) in [6, 6.07) is 70.9. The summed E-state index contributed by atoms with van der Waals surface area (Å²) >= 11 is 0. The summed E-state index contributed by atoms with van der Waals surface area (Å²) in [6.07, 6.45) is 0. The molecule has 5 nitrogen and oxygen atoms in total. The summed E-state index contributed by atoms with van der Waals surface area (Å²) in [5.74, 6) is 1.92. The molecule has 0 bridgehead atoms. The molecule has 12 rings (SSSR count). The van der Waals surface area contributed by atoms with Gasteiger partial charge in [0.15, 0.2) is 17.5 Å². The van der Waals surface area contributed by atoms with Crippen molar-refractivity contribution in [2.45, 2.75) is 0 Å². The zero-order valence-corrected chi connectivity index (χ0v) is 31.3. The molecule has 0 aliphatic rings. The Kier molecular flexibility index (Phi) is 7.16. The smallest absolute Gasteiger partial charge is 0.164 e. The number of para-hydroxylation sites is 3. The van der Waals surface area contributed by atoms with E-state index in [0.717, 1.165) is 49.9 Å². The number of aromatic nitrogens is 5. The Morgan fingerprint density at radius 1 is 0.276 bits per heavy atom. The summed E-state index contributed by atoms with van der Waals surface area (Å²) in [5, 5.41) is 9.57. The number of rotatable bonds is 5. The number of hydrogen-bond donors (Lipinski definition) is 0. The van der Waals surface area contributed by atoms with E-state index in [1.165, 1.54) is 43.4 Å². The molecule has 0 N–H and O–H groups in total. The molecule has 0 saturated heterocycles. The topological polar surface area (TPSA) is 48.5 Å². The van der Waals surface area contributed by atoms with Gasteiger partial charge in [0.2, 0.25) is 0 Å². The van der Waals surface area contributed by atoms with Gasteiger partial charge in [-0.1, -0.05) is 133 Å². The summed E-state index contributed by atoms with van der Waals surface area (Å²) < 4.78 is 4.77. The van der Waals surface area contributed by atoms with Gasteiger partial charge in [-0.25, -0.2) is 15.0 Å². The normalized spacial score (nSPS) is 11.8. The van der Waals surface area contributed by atoms with Gasteiger partial charge in [-0.15, -0.1) is 0 Å². The molecule has 9 aromatic carbocycles. The zero-order valence-electron chi connectivity index (χ0n) is 31.3. The second kappa shape index (κ2) is 12.8. The average molecular weight is 740 g/mol. The van der Waals surface area contributed by atoms with Crippen LogP contribution in [0, 0.1) is 0 Å². The molecule has 0 unspecified atom stereocenters. The Morgan fingerprint density at radius 3 is 1.38 bits per heavy atom. The Morgan fingerprint density at radius 2 is 0.741 bits per heavy atom. The van der Waals surface area contributed by atoms with Gasteiger partial charge in [-0.2, -0.15) is 0 Å². The molecule has 3 aromatic heterocycles. The van der Waals surface area contributed by atoms with E-state index in [2.05, 4.69) is 191 Å². The Balaban J connectivity index is 1.05. The first-order chi connectivity index (χ1) is 28.8. The molecule has 0 fully saturated rings. The molecule has 3 heterocycles. The van der Waals surface area contributed by atoms with Crippen LogP contribution < -0.4 is 0 Å². The molecule has 270 valence electrons. The van der Waals surface area contributed by atoms with E-state index in [-0.39, 0.29) is 0 Å². The quantitative estimate of drug-likeness (QED) is 0.165. The molecule has 0 atom stereocenters. The van der Waals surface area contributed by atoms with E-state index in [9.17, 15) is 0 Å². The van der Waals surface area contributed by atoms with E-state index in [1.54, 1.807) is 0 Å². The lowest BCUT2D eigenvalue weighted by molar-refractivity contribution is 1.08. The highest BCUT2D eigenvalue weighted by Crippen LogP contribution is 2.40. The van der Waals surface area contributed by atoms with Gasteiger partial charge in [0.05, 0.1) is 22.1 Å². The van der Waals surface area contributed by atoms with Crippen LogP contribution in [-0.4, -0.2) is 24.1 Å². The van der Waals surface area contributed by atoms with Crippen LogP contribution >= 0.6 is 0 Å². The van der Waals surface area contributed by atoms with E-state index >= 15 is 0 Å². The van der Waals surface area contributed by atoms with E-state index in [0.29, 0.717) is 17.5 Å². The van der Waals surface area contributed by atoms with Gasteiger partial charge in [0.25, 0.3) is 0 Å². The Hall–Kier alpha value is -7.89. The maximum absolute atomic E-state index is 5.21. The van der Waals surface area contributed by atoms with Crippen molar-refractivity contribution in [3.63, 3.8) is 0 Å². The molecule has 58 heavy (non-hydrogen) atoms. The number of nitrogens with zero attached hydrogens (tertiary/aromatic N) is 5.